The van der Waals surface area contributed by atoms with Gasteiger partial charge in [0.25, 0.3) is 0 Å². The van der Waals surface area contributed by atoms with Gasteiger partial charge in [0.2, 0.25) is 0 Å². The van der Waals surface area contributed by atoms with Crippen LogP contribution in [-0.4, -0.2) is 80.1 Å². The van der Waals surface area contributed by atoms with E-state index < -0.39 is 10.4 Å². The van der Waals surface area contributed by atoms with Gasteiger partial charge in [-0.05, 0) is 97.7 Å². The summed E-state index contributed by atoms with van der Waals surface area (Å²) in [4.78, 5) is 0. The van der Waals surface area contributed by atoms with E-state index >= 15 is 0 Å². The van der Waals surface area contributed by atoms with E-state index in [-0.39, 0.29) is 57.5 Å². The topological polar surface area (TPSA) is 94.8 Å². The quantitative estimate of drug-likeness (QED) is 0.230. The molecule has 3 saturated carbocycles. The number of rotatable bonds is 5. The van der Waals surface area contributed by atoms with Crippen molar-refractivity contribution in [1.29, 1.82) is 0 Å². The van der Waals surface area contributed by atoms with E-state index in [1.165, 1.54) is 57.8 Å². The fraction of sp³-hybridized carbons (Fsp3) is 0.926. The van der Waals surface area contributed by atoms with Gasteiger partial charge >= 0.3 is 61.8 Å². The van der Waals surface area contributed by atoms with Gasteiger partial charge in [0.1, 0.15) is 0 Å². The molecule has 0 aromatic rings. The predicted octanol–water partition coefficient (Wildman–Crippen LogP) is 6.09. The van der Waals surface area contributed by atoms with E-state index in [2.05, 4.69) is 40.7 Å². The van der Waals surface area contributed by atoms with Gasteiger partial charge in [-0.25, -0.2) is 0 Å². The van der Waals surface area contributed by atoms with Gasteiger partial charge in [0.15, 0.2) is 0 Å². The molecule has 1 unspecified atom stereocenters. The van der Waals surface area contributed by atoms with Gasteiger partial charge in [-0.3, -0.25) is 9.11 Å². The average Bonchev–Trinajstić information content (AvgIpc) is 3.04. The van der Waals surface area contributed by atoms with Crippen molar-refractivity contribution in [2.45, 2.75) is 111 Å². The van der Waals surface area contributed by atoms with Crippen molar-refractivity contribution < 1.29 is 22.6 Å². The maximum atomic E-state index is 10.2. The minimum atomic E-state index is -4.67. The fourth-order valence-corrected chi connectivity index (χ4v) is 8.67. The third kappa shape index (κ3) is 7.19. The Labute approximate surface area is 251 Å². The molecule has 4 aliphatic rings. The zero-order valence-corrected chi connectivity index (χ0v) is 22.3. The molecule has 8 atom stereocenters. The Morgan fingerprint density at radius 2 is 1.65 bits per heavy atom. The van der Waals surface area contributed by atoms with Gasteiger partial charge in [-0.2, -0.15) is 8.42 Å². The molecule has 194 valence electrons. The normalized spacial score (nSPS) is 40.0. The Morgan fingerprint density at radius 1 is 1.00 bits per heavy atom. The van der Waals surface area contributed by atoms with Crippen molar-refractivity contribution in [1.82, 2.24) is 0 Å². The molecular formula is C27H49KO5S. The number of hydrogen-bond donors (Lipinski definition) is 3. The molecular weight excluding hydrogens is 475 g/mol. The first-order valence-electron chi connectivity index (χ1n) is 13.3. The zero-order valence-electron chi connectivity index (χ0n) is 21.5. The van der Waals surface area contributed by atoms with Crippen LogP contribution < -0.4 is 0 Å². The number of allylic oxidation sites excluding steroid dienone is 1. The first-order chi connectivity index (χ1) is 15.3. The van der Waals surface area contributed by atoms with E-state index in [1.807, 2.05) is 0 Å². The molecule has 0 bridgehead atoms. The van der Waals surface area contributed by atoms with Crippen LogP contribution in [-0.2, 0) is 10.4 Å². The second-order valence-electron chi connectivity index (χ2n) is 12.6. The Balaban J connectivity index is 0.000000619. The van der Waals surface area contributed by atoms with Crippen molar-refractivity contribution in [2.75, 3.05) is 0 Å². The van der Waals surface area contributed by atoms with E-state index in [0.29, 0.717) is 10.8 Å². The van der Waals surface area contributed by atoms with Gasteiger partial charge in [0, 0.05) is 0 Å². The van der Waals surface area contributed by atoms with Crippen LogP contribution in [0.25, 0.3) is 0 Å². The van der Waals surface area contributed by atoms with E-state index in [9.17, 15) is 5.11 Å². The summed E-state index contributed by atoms with van der Waals surface area (Å²) in [6.07, 6.45) is 17.2. The summed E-state index contributed by atoms with van der Waals surface area (Å²) in [5.41, 5.74) is 2.60. The van der Waals surface area contributed by atoms with Crippen LogP contribution >= 0.6 is 0 Å². The molecule has 0 aliphatic heterocycles. The predicted molar refractivity (Wildman–Crippen MR) is 140 cm³/mol. The van der Waals surface area contributed by atoms with Crippen molar-refractivity contribution >= 4 is 61.8 Å². The number of fused-ring (bicyclic) bond motifs is 5. The van der Waals surface area contributed by atoms with Crippen LogP contribution in [0.4, 0.5) is 0 Å². The van der Waals surface area contributed by atoms with Crippen LogP contribution in [0.1, 0.15) is 105 Å². The van der Waals surface area contributed by atoms with Crippen LogP contribution in [0.2, 0.25) is 0 Å². The Hall–Kier alpha value is 1.21. The summed E-state index contributed by atoms with van der Waals surface area (Å²) >= 11 is 0. The fourth-order valence-electron chi connectivity index (χ4n) is 8.67. The van der Waals surface area contributed by atoms with Gasteiger partial charge < -0.3 is 5.11 Å². The number of hydrogen-bond acceptors (Lipinski definition) is 3. The zero-order chi connectivity index (χ0) is 24.6. The van der Waals surface area contributed by atoms with Gasteiger partial charge in [0.05, 0.1) is 6.10 Å². The molecule has 3 N–H and O–H groups in total. The molecule has 34 heavy (non-hydrogen) atoms. The molecule has 0 heterocycles. The van der Waals surface area contributed by atoms with Crippen LogP contribution in [0.3, 0.4) is 0 Å². The molecule has 4 aliphatic carbocycles. The van der Waals surface area contributed by atoms with Crippen molar-refractivity contribution in [3.05, 3.63) is 11.6 Å². The Morgan fingerprint density at radius 3 is 2.26 bits per heavy atom. The molecule has 7 heteroatoms. The molecule has 0 amide bonds. The van der Waals surface area contributed by atoms with Gasteiger partial charge in [-0.15, -0.1) is 0 Å². The number of aliphatic hydroxyl groups excluding tert-OH is 1. The van der Waals surface area contributed by atoms with E-state index in [4.69, 9.17) is 17.5 Å². The number of aliphatic hydroxyl groups is 1. The second kappa shape index (κ2) is 12.4. The molecule has 4 rings (SSSR count). The van der Waals surface area contributed by atoms with Crippen molar-refractivity contribution in [3.8, 4) is 0 Å². The third-order valence-electron chi connectivity index (χ3n) is 10.3. The van der Waals surface area contributed by atoms with E-state index in [0.717, 1.165) is 48.3 Å². The average molecular weight is 525 g/mol. The standard InChI is InChI=1S/C27H46O.K.H2O4S.H/c1-18(2)7-6-8-19(3)23-11-12-24-22-10-9-20-17-21(28)13-15-26(20,4)25(22)14-16-27(23,24)5;;1-5(2,3)4;/h9,18-19,21-25,28H,6-8,10-17H2,1-5H3;;(H2,1,2,3,4);/t19?,21-,22-,23+,24-,25-,26-,27+;;;/m0.../s1. The summed E-state index contributed by atoms with van der Waals surface area (Å²) in [5, 5.41) is 10.2. The second-order valence-corrected chi connectivity index (χ2v) is 13.5. The summed E-state index contributed by atoms with van der Waals surface area (Å²) in [5.74, 6) is 5.46. The summed E-state index contributed by atoms with van der Waals surface area (Å²) in [7, 11) is -4.67. The summed E-state index contributed by atoms with van der Waals surface area (Å²) < 4.78 is 31.6. The molecule has 5 nitrogen and oxygen atoms in total. The summed E-state index contributed by atoms with van der Waals surface area (Å²) in [6, 6.07) is 0. The molecule has 0 spiro atoms. The molecule has 0 saturated heterocycles. The molecule has 0 aromatic carbocycles. The monoisotopic (exact) mass is 524 g/mol. The molecule has 0 aromatic heterocycles. The summed E-state index contributed by atoms with van der Waals surface area (Å²) in [6.45, 7) is 12.6. The third-order valence-corrected chi connectivity index (χ3v) is 10.3. The Kier molecular flexibility index (Phi) is 11.4. The minimum absolute atomic E-state index is 0. The van der Waals surface area contributed by atoms with Crippen LogP contribution in [0.5, 0.6) is 0 Å². The van der Waals surface area contributed by atoms with Crippen LogP contribution in [0, 0.1) is 46.3 Å². The molecule has 3 fully saturated rings. The first-order valence-corrected chi connectivity index (χ1v) is 14.7. The SMILES string of the molecule is CC(C)CCCC(C)[C@H]1CC[C@H]2[C@@H]3CC=C4C[C@@H](O)CC[C@]4(C)[C@H]3CC[C@]12C.O=S(=O)(O)O.[KH]. The van der Waals surface area contributed by atoms with Crippen molar-refractivity contribution in [2.24, 2.45) is 46.3 Å². The first kappa shape index (κ1) is 31.4. The van der Waals surface area contributed by atoms with Gasteiger partial charge in [-0.1, -0.05) is 65.5 Å². The maximum absolute atomic E-state index is 10.2. The van der Waals surface area contributed by atoms with E-state index in [1.54, 1.807) is 5.57 Å². The van der Waals surface area contributed by atoms with Crippen molar-refractivity contribution in [3.63, 3.8) is 0 Å². The molecule has 0 radical (unpaired) electrons. The van der Waals surface area contributed by atoms with Crippen LogP contribution in [0.15, 0.2) is 11.6 Å². The Bertz CT molecular complexity index is 804.